The van der Waals surface area contributed by atoms with E-state index in [-0.39, 0.29) is 5.97 Å². The van der Waals surface area contributed by atoms with Gasteiger partial charge in [-0.05, 0) is 36.6 Å². The summed E-state index contributed by atoms with van der Waals surface area (Å²) in [5.41, 5.74) is 3.08. The third-order valence-electron chi connectivity index (χ3n) is 4.59. The highest BCUT2D eigenvalue weighted by atomic mass is 16.5. The minimum atomic E-state index is -0.256. The number of carbonyl (C=O) groups excluding carboxylic acids is 1. The fourth-order valence-corrected chi connectivity index (χ4v) is 3.42. The Labute approximate surface area is 137 Å². The number of carbonyl (C=O) groups is 1. The summed E-state index contributed by atoms with van der Waals surface area (Å²) in [6.07, 6.45) is 3.64. The molecule has 1 saturated heterocycles. The number of rotatable bonds is 4. The number of nitrogens with zero attached hydrogens (tertiary/aromatic N) is 1. The highest BCUT2D eigenvalue weighted by Gasteiger charge is 2.25. The zero-order valence-electron chi connectivity index (χ0n) is 13.6. The first-order valence-corrected chi connectivity index (χ1v) is 8.25. The van der Waals surface area contributed by atoms with Crippen molar-refractivity contribution in [2.75, 3.05) is 13.7 Å². The molecule has 0 aliphatic carbocycles. The highest BCUT2D eigenvalue weighted by Crippen LogP contribution is 2.32. The van der Waals surface area contributed by atoms with Gasteiger partial charge in [-0.3, -0.25) is 4.90 Å². The van der Waals surface area contributed by atoms with Crippen LogP contribution in [-0.2, 0) is 11.3 Å². The summed E-state index contributed by atoms with van der Waals surface area (Å²) in [6, 6.07) is 18.9. The zero-order valence-corrected chi connectivity index (χ0v) is 13.6. The zero-order chi connectivity index (χ0) is 16.1. The molecule has 1 fully saturated rings. The molecule has 0 amide bonds. The number of hydrogen-bond acceptors (Lipinski definition) is 3. The maximum atomic E-state index is 12.0. The Morgan fingerprint density at radius 2 is 1.83 bits per heavy atom. The van der Waals surface area contributed by atoms with Gasteiger partial charge in [0.25, 0.3) is 0 Å². The van der Waals surface area contributed by atoms with Crippen molar-refractivity contribution in [3.8, 4) is 0 Å². The van der Waals surface area contributed by atoms with Crippen molar-refractivity contribution in [3.63, 3.8) is 0 Å². The third kappa shape index (κ3) is 3.62. The van der Waals surface area contributed by atoms with E-state index in [1.54, 1.807) is 0 Å². The van der Waals surface area contributed by atoms with Crippen molar-refractivity contribution in [3.05, 3.63) is 71.3 Å². The molecule has 2 aromatic carbocycles. The molecule has 0 aromatic heterocycles. The Kier molecular flexibility index (Phi) is 5.09. The largest absolute Gasteiger partial charge is 0.465 e. The minimum Gasteiger partial charge on any atom is -0.465 e. The second-order valence-corrected chi connectivity index (χ2v) is 6.04. The van der Waals surface area contributed by atoms with Crippen LogP contribution < -0.4 is 0 Å². The number of likely N-dealkylation sites (tertiary alicyclic amines) is 1. The van der Waals surface area contributed by atoms with Crippen LogP contribution in [0.5, 0.6) is 0 Å². The molecule has 0 saturated carbocycles. The Morgan fingerprint density at radius 1 is 1.09 bits per heavy atom. The molecule has 23 heavy (non-hydrogen) atoms. The van der Waals surface area contributed by atoms with Crippen LogP contribution in [-0.4, -0.2) is 24.5 Å². The molecule has 120 valence electrons. The second-order valence-electron chi connectivity index (χ2n) is 6.04. The lowest BCUT2D eigenvalue weighted by Crippen LogP contribution is -2.33. The maximum Gasteiger partial charge on any atom is 0.338 e. The van der Waals surface area contributed by atoms with E-state index in [0.29, 0.717) is 11.6 Å². The van der Waals surface area contributed by atoms with Crippen molar-refractivity contribution in [1.82, 2.24) is 4.90 Å². The van der Waals surface area contributed by atoms with E-state index in [9.17, 15) is 4.79 Å². The van der Waals surface area contributed by atoms with Crippen LogP contribution in [0.1, 0.15) is 46.8 Å². The summed E-state index contributed by atoms with van der Waals surface area (Å²) in [5.74, 6) is -0.256. The van der Waals surface area contributed by atoms with Gasteiger partial charge in [0.15, 0.2) is 0 Å². The normalized spacial score (nSPS) is 18.6. The maximum absolute atomic E-state index is 12.0. The van der Waals surface area contributed by atoms with Gasteiger partial charge in [0.05, 0.1) is 12.7 Å². The summed E-state index contributed by atoms with van der Waals surface area (Å²) >= 11 is 0. The predicted molar refractivity (Wildman–Crippen MR) is 91.2 cm³/mol. The molecule has 3 rings (SSSR count). The molecule has 0 spiro atoms. The summed E-state index contributed by atoms with van der Waals surface area (Å²) in [6.45, 7) is 1.85. The number of methoxy groups -OCH3 is 1. The molecule has 0 N–H and O–H groups in total. The van der Waals surface area contributed by atoms with Crippen molar-refractivity contribution >= 4 is 5.97 Å². The molecule has 1 heterocycles. The highest BCUT2D eigenvalue weighted by molar-refractivity contribution is 5.90. The molecular formula is C20H23NO2. The standard InChI is InChI=1S/C20H23NO2/c1-23-20(22)18-12-6-5-11-17(18)15-21-14-8-7-13-19(21)16-9-3-2-4-10-16/h2-6,9-12,19H,7-8,13-15H2,1H3/t19-/m1/s1. The first-order chi connectivity index (χ1) is 11.3. The molecule has 1 aliphatic rings. The van der Waals surface area contributed by atoms with Gasteiger partial charge in [-0.25, -0.2) is 4.79 Å². The molecule has 3 heteroatoms. The number of benzene rings is 2. The van der Waals surface area contributed by atoms with Crippen LogP contribution >= 0.6 is 0 Å². The fourth-order valence-electron chi connectivity index (χ4n) is 3.42. The molecule has 1 atom stereocenters. The lowest BCUT2D eigenvalue weighted by Gasteiger charge is -2.36. The molecule has 0 unspecified atom stereocenters. The van der Waals surface area contributed by atoms with E-state index < -0.39 is 0 Å². The van der Waals surface area contributed by atoms with Gasteiger partial charge < -0.3 is 4.74 Å². The van der Waals surface area contributed by atoms with E-state index in [1.165, 1.54) is 31.9 Å². The number of hydrogen-bond donors (Lipinski definition) is 0. The Morgan fingerprint density at radius 3 is 2.61 bits per heavy atom. The van der Waals surface area contributed by atoms with Gasteiger partial charge in [-0.2, -0.15) is 0 Å². The molecule has 1 aliphatic heterocycles. The van der Waals surface area contributed by atoms with Crippen LogP contribution in [0.3, 0.4) is 0 Å². The van der Waals surface area contributed by atoms with Crippen LogP contribution in [0, 0.1) is 0 Å². The van der Waals surface area contributed by atoms with Gasteiger partial charge in [0, 0.05) is 12.6 Å². The lowest BCUT2D eigenvalue weighted by atomic mass is 9.94. The van der Waals surface area contributed by atoms with Crippen LogP contribution in [0.15, 0.2) is 54.6 Å². The molecule has 0 bridgehead atoms. The lowest BCUT2D eigenvalue weighted by molar-refractivity contribution is 0.0596. The summed E-state index contributed by atoms with van der Waals surface area (Å²) in [7, 11) is 1.44. The number of piperidine rings is 1. The van der Waals surface area contributed by atoms with Gasteiger partial charge in [-0.15, -0.1) is 0 Å². The minimum absolute atomic E-state index is 0.256. The van der Waals surface area contributed by atoms with Crippen molar-refractivity contribution in [2.45, 2.75) is 31.8 Å². The van der Waals surface area contributed by atoms with Gasteiger partial charge >= 0.3 is 5.97 Å². The third-order valence-corrected chi connectivity index (χ3v) is 4.59. The van der Waals surface area contributed by atoms with E-state index in [4.69, 9.17) is 4.74 Å². The van der Waals surface area contributed by atoms with Crippen molar-refractivity contribution in [2.24, 2.45) is 0 Å². The van der Waals surface area contributed by atoms with Crippen LogP contribution in [0.25, 0.3) is 0 Å². The average Bonchev–Trinajstić information content (AvgIpc) is 2.63. The van der Waals surface area contributed by atoms with E-state index in [1.807, 2.05) is 24.3 Å². The topological polar surface area (TPSA) is 29.5 Å². The van der Waals surface area contributed by atoms with Crippen molar-refractivity contribution < 1.29 is 9.53 Å². The first kappa shape index (κ1) is 15.8. The molecule has 3 nitrogen and oxygen atoms in total. The second kappa shape index (κ2) is 7.42. The summed E-state index contributed by atoms with van der Waals surface area (Å²) in [4.78, 5) is 14.5. The van der Waals surface area contributed by atoms with Gasteiger partial charge in [0.1, 0.15) is 0 Å². The first-order valence-electron chi connectivity index (χ1n) is 8.25. The van der Waals surface area contributed by atoms with Gasteiger partial charge in [0.2, 0.25) is 0 Å². The SMILES string of the molecule is COC(=O)c1ccccc1CN1CCCC[C@@H]1c1ccccc1. The molecular weight excluding hydrogens is 286 g/mol. The summed E-state index contributed by atoms with van der Waals surface area (Å²) < 4.78 is 4.92. The Hall–Kier alpha value is -2.13. The van der Waals surface area contributed by atoms with Crippen molar-refractivity contribution in [1.29, 1.82) is 0 Å². The predicted octanol–water partition coefficient (Wildman–Crippen LogP) is 4.20. The number of esters is 1. The van der Waals surface area contributed by atoms with E-state index >= 15 is 0 Å². The molecule has 2 aromatic rings. The summed E-state index contributed by atoms with van der Waals surface area (Å²) in [5, 5.41) is 0. The Balaban J connectivity index is 1.84. The monoisotopic (exact) mass is 309 g/mol. The molecule has 0 radical (unpaired) electrons. The van der Waals surface area contributed by atoms with Crippen LogP contribution in [0.2, 0.25) is 0 Å². The quantitative estimate of drug-likeness (QED) is 0.793. The Bertz CT molecular complexity index is 654. The van der Waals surface area contributed by atoms with E-state index in [2.05, 4.69) is 35.2 Å². The smallest absolute Gasteiger partial charge is 0.338 e. The fraction of sp³-hybridized carbons (Fsp3) is 0.350. The average molecular weight is 309 g/mol. The van der Waals surface area contributed by atoms with Gasteiger partial charge in [-0.1, -0.05) is 55.0 Å². The van der Waals surface area contributed by atoms with E-state index in [0.717, 1.165) is 18.7 Å². The van der Waals surface area contributed by atoms with Crippen LogP contribution in [0.4, 0.5) is 0 Å². The number of ether oxygens (including phenoxy) is 1.